The van der Waals surface area contributed by atoms with Crippen LogP contribution in [0.4, 0.5) is 0 Å². The molecule has 3 heterocycles. The molecular formula is C30H33N3O4. The highest BCUT2D eigenvalue weighted by Gasteiger charge is 2.55. The summed E-state index contributed by atoms with van der Waals surface area (Å²) in [5.74, 6) is -0.160. The maximum Gasteiger partial charge on any atom is 0.258 e. The van der Waals surface area contributed by atoms with Crippen LogP contribution in [0.1, 0.15) is 35.3 Å². The second-order valence-electron chi connectivity index (χ2n) is 9.70. The normalized spacial score (nSPS) is 22.7. The summed E-state index contributed by atoms with van der Waals surface area (Å²) in [6.45, 7) is 3.11. The van der Waals surface area contributed by atoms with Crippen molar-refractivity contribution in [2.75, 3.05) is 13.7 Å². The van der Waals surface area contributed by atoms with Gasteiger partial charge in [-0.15, -0.1) is 0 Å². The first kappa shape index (κ1) is 25.0. The summed E-state index contributed by atoms with van der Waals surface area (Å²) in [4.78, 5) is 29.4. The van der Waals surface area contributed by atoms with Crippen molar-refractivity contribution in [3.63, 3.8) is 0 Å². The maximum absolute atomic E-state index is 13.7. The molecule has 5 rings (SSSR count). The van der Waals surface area contributed by atoms with Crippen molar-refractivity contribution in [1.82, 2.24) is 14.8 Å². The number of rotatable bonds is 8. The SMILES string of the molecule is C/C=C\c1ccc2n(c1=O)C[C@H]1[C@H](CO)[C@@H](C(=O)NCc3ccccc3)[C@@H]2N1Cc1ccccc1OC. The Labute approximate surface area is 217 Å². The molecular weight excluding hydrogens is 466 g/mol. The van der Waals surface area contributed by atoms with E-state index in [-0.39, 0.29) is 36.1 Å². The largest absolute Gasteiger partial charge is 0.496 e. The summed E-state index contributed by atoms with van der Waals surface area (Å²) in [6, 6.07) is 20.9. The molecule has 0 aliphatic carbocycles. The predicted octanol–water partition coefficient (Wildman–Crippen LogP) is 3.37. The predicted molar refractivity (Wildman–Crippen MR) is 143 cm³/mol. The number of nitrogens with zero attached hydrogens (tertiary/aromatic N) is 2. The minimum atomic E-state index is -0.505. The van der Waals surface area contributed by atoms with Crippen molar-refractivity contribution in [1.29, 1.82) is 0 Å². The zero-order chi connectivity index (χ0) is 25.9. The molecule has 7 heteroatoms. The van der Waals surface area contributed by atoms with Gasteiger partial charge in [0, 0.05) is 55.0 Å². The number of allylic oxidation sites excluding steroid dienone is 1. The Bertz CT molecular complexity index is 1350. The van der Waals surface area contributed by atoms with Crippen LogP contribution in [0.5, 0.6) is 5.75 Å². The van der Waals surface area contributed by atoms with Gasteiger partial charge in [-0.25, -0.2) is 0 Å². The van der Waals surface area contributed by atoms with Gasteiger partial charge in [0.1, 0.15) is 5.75 Å². The molecule has 0 radical (unpaired) electrons. The molecule has 7 nitrogen and oxygen atoms in total. The lowest BCUT2D eigenvalue weighted by Gasteiger charge is -2.38. The third-order valence-electron chi connectivity index (χ3n) is 7.70. The molecule has 4 atom stereocenters. The number of methoxy groups -OCH3 is 1. The Kier molecular flexibility index (Phi) is 7.26. The van der Waals surface area contributed by atoms with Crippen LogP contribution in [-0.2, 0) is 24.4 Å². The van der Waals surface area contributed by atoms with Crippen molar-refractivity contribution in [2.24, 2.45) is 11.8 Å². The fraction of sp³-hybridized carbons (Fsp3) is 0.333. The fourth-order valence-electron chi connectivity index (χ4n) is 6.00. The quantitative estimate of drug-likeness (QED) is 0.497. The number of nitrogens with one attached hydrogen (secondary N) is 1. The third kappa shape index (κ3) is 4.61. The lowest BCUT2D eigenvalue weighted by molar-refractivity contribution is -0.127. The molecule has 0 unspecified atom stereocenters. The third-order valence-corrected chi connectivity index (χ3v) is 7.70. The van der Waals surface area contributed by atoms with Crippen LogP contribution in [0.25, 0.3) is 6.08 Å². The van der Waals surface area contributed by atoms with Crippen molar-refractivity contribution in [3.8, 4) is 5.75 Å². The monoisotopic (exact) mass is 499 g/mol. The average molecular weight is 500 g/mol. The van der Waals surface area contributed by atoms with Gasteiger partial charge in [-0.2, -0.15) is 0 Å². The van der Waals surface area contributed by atoms with Gasteiger partial charge < -0.3 is 19.7 Å². The van der Waals surface area contributed by atoms with E-state index in [9.17, 15) is 14.7 Å². The van der Waals surface area contributed by atoms with Crippen molar-refractivity contribution >= 4 is 12.0 Å². The van der Waals surface area contributed by atoms with Crippen LogP contribution < -0.4 is 15.6 Å². The van der Waals surface area contributed by atoms with Gasteiger partial charge in [0.2, 0.25) is 5.91 Å². The van der Waals surface area contributed by atoms with Gasteiger partial charge in [-0.1, -0.05) is 60.7 Å². The molecule has 0 spiro atoms. The summed E-state index contributed by atoms with van der Waals surface area (Å²) < 4.78 is 7.41. The minimum Gasteiger partial charge on any atom is -0.496 e. The number of hydrogen-bond donors (Lipinski definition) is 2. The molecule has 2 aromatic carbocycles. The first-order valence-corrected chi connectivity index (χ1v) is 12.7. The molecule has 0 saturated carbocycles. The molecule has 2 bridgehead atoms. The number of para-hydroxylation sites is 1. The van der Waals surface area contributed by atoms with Gasteiger partial charge in [-0.3, -0.25) is 14.5 Å². The number of pyridine rings is 1. The zero-order valence-electron chi connectivity index (χ0n) is 21.2. The number of carbonyl (C=O) groups is 1. The molecule has 192 valence electrons. The van der Waals surface area contributed by atoms with E-state index in [4.69, 9.17) is 4.74 Å². The summed E-state index contributed by atoms with van der Waals surface area (Å²) in [6.07, 6.45) is 3.66. The highest BCUT2D eigenvalue weighted by molar-refractivity contribution is 5.80. The van der Waals surface area contributed by atoms with Gasteiger partial charge in [-0.05, 0) is 30.7 Å². The fourth-order valence-corrected chi connectivity index (χ4v) is 6.00. The summed E-state index contributed by atoms with van der Waals surface area (Å²) >= 11 is 0. The molecule has 1 fully saturated rings. The molecule has 3 aromatic rings. The number of aliphatic hydroxyl groups is 1. The molecule has 2 aliphatic heterocycles. The van der Waals surface area contributed by atoms with Crippen LogP contribution in [0.3, 0.4) is 0 Å². The number of aliphatic hydroxyl groups excluding tert-OH is 1. The summed E-state index contributed by atoms with van der Waals surface area (Å²) in [5, 5.41) is 13.7. The van der Waals surface area contributed by atoms with Gasteiger partial charge in [0.05, 0.1) is 19.1 Å². The number of benzene rings is 2. The lowest BCUT2D eigenvalue weighted by Crippen LogP contribution is -2.46. The average Bonchev–Trinajstić information content (AvgIpc) is 3.13. The lowest BCUT2D eigenvalue weighted by atomic mass is 9.86. The smallest absolute Gasteiger partial charge is 0.258 e. The van der Waals surface area contributed by atoms with Crippen molar-refractivity contribution in [3.05, 3.63) is 106 Å². The first-order chi connectivity index (χ1) is 18.1. The highest BCUT2D eigenvalue weighted by Crippen LogP contribution is 2.49. The molecule has 2 N–H and O–H groups in total. The maximum atomic E-state index is 13.7. The van der Waals surface area contributed by atoms with Crippen LogP contribution >= 0.6 is 0 Å². The van der Waals surface area contributed by atoms with E-state index in [1.54, 1.807) is 11.7 Å². The van der Waals surface area contributed by atoms with E-state index in [0.717, 1.165) is 22.6 Å². The molecule has 2 aliphatic rings. The second kappa shape index (κ2) is 10.7. The molecule has 1 aromatic heterocycles. The topological polar surface area (TPSA) is 83.8 Å². The minimum absolute atomic E-state index is 0.0652. The van der Waals surface area contributed by atoms with Gasteiger partial charge >= 0.3 is 0 Å². The Morgan fingerprint density at radius 1 is 1.11 bits per heavy atom. The van der Waals surface area contributed by atoms with E-state index in [1.807, 2.05) is 85.8 Å². The van der Waals surface area contributed by atoms with E-state index in [1.165, 1.54) is 0 Å². The Balaban J connectivity index is 1.55. The van der Waals surface area contributed by atoms with Crippen molar-refractivity contribution < 1.29 is 14.6 Å². The van der Waals surface area contributed by atoms with E-state index < -0.39 is 5.92 Å². The Hall–Kier alpha value is -3.68. The number of carbonyl (C=O) groups excluding carboxylic acids is 1. The van der Waals surface area contributed by atoms with Crippen LogP contribution in [0, 0.1) is 11.8 Å². The van der Waals surface area contributed by atoms with Crippen LogP contribution in [0.15, 0.2) is 77.6 Å². The van der Waals surface area contributed by atoms with E-state index in [2.05, 4.69) is 10.2 Å². The summed E-state index contributed by atoms with van der Waals surface area (Å²) in [5.41, 5.74) is 3.37. The molecule has 1 saturated heterocycles. The first-order valence-electron chi connectivity index (χ1n) is 12.7. The Morgan fingerprint density at radius 2 is 1.86 bits per heavy atom. The molecule has 37 heavy (non-hydrogen) atoms. The summed E-state index contributed by atoms with van der Waals surface area (Å²) in [7, 11) is 1.65. The zero-order valence-corrected chi connectivity index (χ0v) is 21.2. The van der Waals surface area contributed by atoms with Crippen molar-refractivity contribution in [2.45, 2.75) is 38.6 Å². The highest BCUT2D eigenvalue weighted by atomic mass is 16.5. The number of aromatic nitrogens is 1. The van der Waals surface area contributed by atoms with E-state index >= 15 is 0 Å². The number of hydrogen-bond acceptors (Lipinski definition) is 5. The number of fused-ring (bicyclic) bond motifs is 4. The Morgan fingerprint density at radius 3 is 2.59 bits per heavy atom. The standard InChI is InChI=1S/C30H33N3O4/c1-3-9-21-14-15-24-28-27(29(35)31-16-20-10-5-4-6-11-20)23(19-34)25(18-33(24)30(21)36)32(28)17-22-12-7-8-13-26(22)37-2/h3-15,23,25,27-28,34H,16-19H2,1-2H3,(H,31,35)/b9-3-/t23-,25-,27+,28+/m0/s1. The number of ether oxygens (including phenoxy) is 1. The van der Waals surface area contributed by atoms with E-state index in [0.29, 0.717) is 25.2 Å². The van der Waals surface area contributed by atoms with Gasteiger partial charge in [0.15, 0.2) is 0 Å². The second-order valence-corrected chi connectivity index (χ2v) is 9.70. The van der Waals surface area contributed by atoms with Crippen LogP contribution in [0.2, 0.25) is 0 Å². The molecule has 1 amide bonds. The number of amides is 1. The van der Waals surface area contributed by atoms with Crippen LogP contribution in [-0.4, -0.2) is 40.2 Å². The van der Waals surface area contributed by atoms with Gasteiger partial charge in [0.25, 0.3) is 5.56 Å².